The van der Waals surface area contributed by atoms with E-state index in [0.29, 0.717) is 12.6 Å². The summed E-state index contributed by atoms with van der Waals surface area (Å²) < 4.78 is 11.3. The van der Waals surface area contributed by atoms with Crippen molar-refractivity contribution < 1.29 is 14.6 Å². The Morgan fingerprint density at radius 1 is 1.17 bits per heavy atom. The van der Waals surface area contributed by atoms with Gasteiger partial charge in [0.05, 0.1) is 7.11 Å². The summed E-state index contributed by atoms with van der Waals surface area (Å²) in [6, 6.07) is 6.45. The van der Waals surface area contributed by atoms with Gasteiger partial charge in [0, 0.05) is 50.9 Å². The lowest BCUT2D eigenvalue weighted by Crippen LogP contribution is -2.55. The molecule has 1 aliphatic carbocycles. The second-order valence-corrected chi connectivity index (χ2v) is 8.90. The molecule has 0 radical (unpaired) electrons. The Morgan fingerprint density at radius 2 is 2.03 bits per heavy atom. The SMILES string of the molecule is COc1ccc2c(c1)C=C(CN1CCN(CC3CCCCC3)[C@H](CCO)C1)CO2. The van der Waals surface area contributed by atoms with Crippen LogP contribution in [0.4, 0.5) is 0 Å². The summed E-state index contributed by atoms with van der Waals surface area (Å²) in [5.74, 6) is 2.66. The fourth-order valence-electron chi connectivity index (χ4n) is 5.17. The van der Waals surface area contributed by atoms with Crippen molar-refractivity contribution in [3.05, 3.63) is 29.3 Å². The second kappa shape index (κ2) is 9.96. The van der Waals surface area contributed by atoms with Crippen molar-refractivity contribution in [3.8, 4) is 11.5 Å². The van der Waals surface area contributed by atoms with Gasteiger partial charge in [0.1, 0.15) is 18.1 Å². The van der Waals surface area contributed by atoms with Gasteiger partial charge in [0.15, 0.2) is 0 Å². The maximum atomic E-state index is 9.62. The Kier molecular flexibility index (Phi) is 7.11. The van der Waals surface area contributed by atoms with Gasteiger partial charge in [-0.2, -0.15) is 0 Å². The summed E-state index contributed by atoms with van der Waals surface area (Å²) in [6.45, 7) is 6.34. The molecule has 0 unspecified atom stereocenters. The Labute approximate surface area is 175 Å². The summed E-state index contributed by atoms with van der Waals surface area (Å²) in [6.07, 6.45) is 10.1. The minimum absolute atomic E-state index is 0.276. The van der Waals surface area contributed by atoms with Crippen LogP contribution in [0.3, 0.4) is 0 Å². The molecule has 1 saturated carbocycles. The molecule has 29 heavy (non-hydrogen) atoms. The molecule has 0 spiro atoms. The standard InChI is InChI=1S/C24H36N2O3/c1-28-23-7-8-24-21(14-23)13-20(18-29-24)15-25-10-11-26(22(17-25)9-12-27)16-19-5-3-2-4-6-19/h7-8,13-14,19,22,27H,2-6,9-12,15-18H2,1H3/t22-/m1/s1. The third-order valence-corrected chi connectivity index (χ3v) is 6.78. The van der Waals surface area contributed by atoms with Crippen molar-refractivity contribution >= 4 is 6.08 Å². The summed E-state index contributed by atoms with van der Waals surface area (Å²) in [4.78, 5) is 5.20. The highest BCUT2D eigenvalue weighted by atomic mass is 16.5. The van der Waals surface area contributed by atoms with Crippen LogP contribution in [0.1, 0.15) is 44.1 Å². The maximum absolute atomic E-state index is 9.62. The van der Waals surface area contributed by atoms with Crippen LogP contribution in [-0.4, -0.2) is 74.0 Å². The Morgan fingerprint density at radius 3 is 2.83 bits per heavy atom. The molecule has 3 aliphatic rings. The van der Waals surface area contributed by atoms with Crippen molar-refractivity contribution in [2.45, 2.75) is 44.6 Å². The molecule has 1 aromatic carbocycles. The van der Waals surface area contributed by atoms with Gasteiger partial charge in [-0.1, -0.05) is 19.3 Å². The third-order valence-electron chi connectivity index (χ3n) is 6.78. The number of nitrogens with zero attached hydrogens (tertiary/aromatic N) is 2. The van der Waals surface area contributed by atoms with E-state index in [-0.39, 0.29) is 6.61 Å². The highest BCUT2D eigenvalue weighted by molar-refractivity contribution is 5.64. The fraction of sp³-hybridized carbons (Fsp3) is 0.667. The molecule has 0 bridgehead atoms. The van der Waals surface area contributed by atoms with Crippen LogP contribution < -0.4 is 9.47 Å². The van der Waals surface area contributed by atoms with Gasteiger partial charge < -0.3 is 14.6 Å². The van der Waals surface area contributed by atoms with Crippen LogP contribution in [0.5, 0.6) is 11.5 Å². The quantitative estimate of drug-likeness (QED) is 0.760. The first kappa shape index (κ1) is 20.7. The maximum Gasteiger partial charge on any atom is 0.127 e. The lowest BCUT2D eigenvalue weighted by molar-refractivity contribution is 0.0466. The monoisotopic (exact) mass is 400 g/mol. The van der Waals surface area contributed by atoms with Gasteiger partial charge in [-0.25, -0.2) is 0 Å². The number of benzene rings is 1. The van der Waals surface area contributed by atoms with E-state index in [1.54, 1.807) is 7.11 Å². The Hall–Kier alpha value is -1.56. The van der Waals surface area contributed by atoms with E-state index in [4.69, 9.17) is 9.47 Å². The van der Waals surface area contributed by atoms with E-state index in [1.165, 1.54) is 44.2 Å². The number of hydrogen-bond acceptors (Lipinski definition) is 5. The van der Waals surface area contributed by atoms with Crippen LogP contribution in [0.25, 0.3) is 6.08 Å². The zero-order valence-electron chi connectivity index (χ0n) is 17.8. The number of rotatable bonds is 7. The van der Waals surface area contributed by atoms with Gasteiger partial charge >= 0.3 is 0 Å². The summed E-state index contributed by atoms with van der Waals surface area (Å²) >= 11 is 0. The lowest BCUT2D eigenvalue weighted by Gasteiger charge is -2.43. The second-order valence-electron chi connectivity index (χ2n) is 8.90. The molecule has 5 nitrogen and oxygen atoms in total. The summed E-state index contributed by atoms with van der Waals surface area (Å²) in [7, 11) is 1.70. The predicted molar refractivity (Wildman–Crippen MR) is 117 cm³/mol. The van der Waals surface area contributed by atoms with Gasteiger partial charge in [0.2, 0.25) is 0 Å². The van der Waals surface area contributed by atoms with Crippen molar-refractivity contribution in [2.75, 3.05) is 53.0 Å². The largest absolute Gasteiger partial charge is 0.497 e. The minimum Gasteiger partial charge on any atom is -0.497 e. The van der Waals surface area contributed by atoms with Gasteiger partial charge in [0.25, 0.3) is 0 Å². The van der Waals surface area contributed by atoms with E-state index in [1.807, 2.05) is 18.2 Å². The number of aliphatic hydroxyl groups is 1. The number of ether oxygens (including phenoxy) is 2. The van der Waals surface area contributed by atoms with Crippen molar-refractivity contribution in [3.63, 3.8) is 0 Å². The zero-order chi connectivity index (χ0) is 20.1. The molecule has 1 N–H and O–H groups in total. The smallest absolute Gasteiger partial charge is 0.127 e. The first-order valence-electron chi connectivity index (χ1n) is 11.3. The van der Waals surface area contributed by atoms with Crippen LogP contribution >= 0.6 is 0 Å². The first-order chi connectivity index (χ1) is 14.2. The topological polar surface area (TPSA) is 45.2 Å². The number of piperazine rings is 1. The van der Waals surface area contributed by atoms with Gasteiger partial charge in [-0.15, -0.1) is 0 Å². The highest BCUT2D eigenvalue weighted by Crippen LogP contribution is 2.31. The molecule has 1 atom stereocenters. The third kappa shape index (κ3) is 5.33. The van der Waals surface area contributed by atoms with Crippen LogP contribution in [0.15, 0.2) is 23.8 Å². The van der Waals surface area contributed by atoms with Crippen molar-refractivity contribution in [1.29, 1.82) is 0 Å². The molecular weight excluding hydrogens is 364 g/mol. The van der Waals surface area contributed by atoms with Crippen LogP contribution in [0.2, 0.25) is 0 Å². The Balaban J connectivity index is 1.36. The molecule has 0 aromatic heterocycles. The zero-order valence-corrected chi connectivity index (χ0v) is 17.8. The first-order valence-corrected chi connectivity index (χ1v) is 11.3. The van der Waals surface area contributed by atoms with Crippen LogP contribution in [-0.2, 0) is 0 Å². The average molecular weight is 401 g/mol. The molecule has 160 valence electrons. The number of fused-ring (bicyclic) bond motifs is 1. The van der Waals surface area contributed by atoms with Gasteiger partial charge in [-0.3, -0.25) is 9.80 Å². The van der Waals surface area contributed by atoms with E-state index in [2.05, 4.69) is 15.9 Å². The van der Waals surface area contributed by atoms with E-state index in [0.717, 1.165) is 55.6 Å². The fourth-order valence-corrected chi connectivity index (χ4v) is 5.17. The molecule has 1 aromatic rings. The summed E-state index contributed by atoms with van der Waals surface area (Å²) in [5, 5.41) is 9.62. The highest BCUT2D eigenvalue weighted by Gasteiger charge is 2.29. The molecule has 5 heteroatoms. The molecule has 2 fully saturated rings. The molecule has 2 heterocycles. The molecule has 2 aliphatic heterocycles. The van der Waals surface area contributed by atoms with Crippen molar-refractivity contribution in [2.24, 2.45) is 5.92 Å². The molecule has 0 amide bonds. The van der Waals surface area contributed by atoms with Crippen LogP contribution in [0, 0.1) is 5.92 Å². The van der Waals surface area contributed by atoms with E-state index < -0.39 is 0 Å². The number of methoxy groups -OCH3 is 1. The molecule has 4 rings (SSSR count). The summed E-state index contributed by atoms with van der Waals surface area (Å²) in [5.41, 5.74) is 2.42. The predicted octanol–water partition coefficient (Wildman–Crippen LogP) is 3.42. The number of aliphatic hydroxyl groups excluding tert-OH is 1. The molecule has 1 saturated heterocycles. The van der Waals surface area contributed by atoms with E-state index in [9.17, 15) is 5.11 Å². The van der Waals surface area contributed by atoms with Crippen molar-refractivity contribution in [1.82, 2.24) is 9.80 Å². The number of hydrogen-bond donors (Lipinski definition) is 1. The minimum atomic E-state index is 0.276. The average Bonchev–Trinajstić information content (AvgIpc) is 2.76. The lowest BCUT2D eigenvalue weighted by atomic mass is 9.88. The normalized spacial score (nSPS) is 23.9. The van der Waals surface area contributed by atoms with E-state index >= 15 is 0 Å². The molecular formula is C24H36N2O3. The Bertz CT molecular complexity index is 699. The van der Waals surface area contributed by atoms with Gasteiger partial charge in [-0.05, 0) is 55.0 Å².